The van der Waals surface area contributed by atoms with E-state index in [2.05, 4.69) is 14.9 Å². The summed E-state index contributed by atoms with van der Waals surface area (Å²) in [5, 5.41) is 0. The van der Waals surface area contributed by atoms with Gasteiger partial charge in [0.25, 0.3) is 0 Å². The number of nitrogens with two attached hydrogens (primary N) is 1. The highest BCUT2D eigenvalue weighted by atomic mass is 35.5. The molecule has 19 heavy (non-hydrogen) atoms. The van der Waals surface area contributed by atoms with Gasteiger partial charge in [-0.1, -0.05) is 11.6 Å². The third-order valence-corrected chi connectivity index (χ3v) is 4.63. The standard InChI is InChI=1S/C13H15ClN4S/c14-12-4-3-11(19-12)10-5-6-16-13(17-10)18-7-1-2-9(18)8-15/h3-6,9H,1-2,7-8,15H2. The molecule has 0 saturated carbocycles. The van der Waals surface area contributed by atoms with Crippen LogP contribution >= 0.6 is 22.9 Å². The van der Waals surface area contributed by atoms with E-state index in [-0.39, 0.29) is 0 Å². The van der Waals surface area contributed by atoms with Crippen LogP contribution in [-0.2, 0) is 0 Å². The van der Waals surface area contributed by atoms with Crippen molar-refractivity contribution in [2.45, 2.75) is 18.9 Å². The smallest absolute Gasteiger partial charge is 0.226 e. The number of rotatable bonds is 3. The molecule has 3 rings (SSSR count). The van der Waals surface area contributed by atoms with Crippen molar-refractivity contribution < 1.29 is 0 Å². The SMILES string of the molecule is NCC1CCCN1c1nccc(-c2ccc(Cl)s2)n1. The number of halogens is 1. The van der Waals surface area contributed by atoms with Gasteiger partial charge in [0.15, 0.2) is 0 Å². The predicted molar refractivity (Wildman–Crippen MR) is 79.8 cm³/mol. The van der Waals surface area contributed by atoms with Gasteiger partial charge in [-0.15, -0.1) is 11.3 Å². The van der Waals surface area contributed by atoms with Crippen LogP contribution < -0.4 is 10.6 Å². The Balaban J connectivity index is 1.91. The topological polar surface area (TPSA) is 55.0 Å². The Bertz CT molecular complexity index is 571. The average molecular weight is 295 g/mol. The Hall–Kier alpha value is -1.17. The Morgan fingerprint density at radius 3 is 3.05 bits per heavy atom. The van der Waals surface area contributed by atoms with Crippen LogP contribution in [-0.4, -0.2) is 29.1 Å². The Kier molecular flexibility index (Phi) is 3.68. The lowest BCUT2D eigenvalue weighted by Crippen LogP contribution is -2.36. The Morgan fingerprint density at radius 2 is 2.32 bits per heavy atom. The lowest BCUT2D eigenvalue weighted by Gasteiger charge is -2.23. The van der Waals surface area contributed by atoms with Crippen LogP contribution in [0, 0.1) is 0 Å². The predicted octanol–water partition coefficient (Wildman–Crippen LogP) is 2.79. The van der Waals surface area contributed by atoms with Gasteiger partial charge in [0.05, 0.1) is 14.9 Å². The normalized spacial score (nSPS) is 19.1. The molecule has 0 bridgehead atoms. The van der Waals surface area contributed by atoms with Crippen molar-refractivity contribution >= 4 is 28.9 Å². The van der Waals surface area contributed by atoms with Crippen LogP contribution in [0.1, 0.15) is 12.8 Å². The maximum Gasteiger partial charge on any atom is 0.226 e. The van der Waals surface area contributed by atoms with Crippen molar-refractivity contribution in [3.05, 3.63) is 28.7 Å². The van der Waals surface area contributed by atoms with Gasteiger partial charge in [-0.05, 0) is 31.0 Å². The molecule has 3 heterocycles. The van der Waals surface area contributed by atoms with E-state index in [0.717, 1.165) is 40.2 Å². The highest BCUT2D eigenvalue weighted by molar-refractivity contribution is 7.19. The van der Waals surface area contributed by atoms with Crippen molar-refractivity contribution in [1.82, 2.24) is 9.97 Å². The molecule has 1 aliphatic rings. The highest BCUT2D eigenvalue weighted by Crippen LogP contribution is 2.31. The fourth-order valence-corrected chi connectivity index (χ4v) is 3.43. The van der Waals surface area contributed by atoms with Gasteiger partial charge < -0.3 is 10.6 Å². The quantitative estimate of drug-likeness (QED) is 0.946. The molecule has 2 aromatic heterocycles. The minimum absolute atomic E-state index is 0.363. The molecule has 1 atom stereocenters. The average Bonchev–Trinajstić information content (AvgIpc) is 3.07. The number of thiophene rings is 1. The molecule has 6 heteroatoms. The zero-order chi connectivity index (χ0) is 13.2. The molecule has 1 unspecified atom stereocenters. The molecule has 4 nitrogen and oxygen atoms in total. The Morgan fingerprint density at radius 1 is 1.42 bits per heavy atom. The van der Waals surface area contributed by atoms with Crippen molar-refractivity contribution in [3.8, 4) is 10.6 Å². The van der Waals surface area contributed by atoms with Crippen LogP contribution in [0.2, 0.25) is 4.34 Å². The summed E-state index contributed by atoms with van der Waals surface area (Å²) in [5.74, 6) is 0.773. The van der Waals surface area contributed by atoms with Gasteiger partial charge in [-0.2, -0.15) is 0 Å². The fourth-order valence-electron chi connectivity index (χ4n) is 2.42. The van der Waals surface area contributed by atoms with Gasteiger partial charge in [0.2, 0.25) is 5.95 Å². The first-order valence-electron chi connectivity index (χ1n) is 6.33. The fraction of sp³-hybridized carbons (Fsp3) is 0.385. The Labute approximate surface area is 121 Å². The van der Waals surface area contributed by atoms with Crippen LogP contribution in [0.15, 0.2) is 24.4 Å². The third-order valence-electron chi connectivity index (χ3n) is 3.37. The number of anilines is 1. The van der Waals surface area contributed by atoms with Gasteiger partial charge >= 0.3 is 0 Å². The zero-order valence-corrected chi connectivity index (χ0v) is 12.0. The van der Waals surface area contributed by atoms with Crippen molar-refractivity contribution in [1.29, 1.82) is 0 Å². The summed E-state index contributed by atoms with van der Waals surface area (Å²) in [6.07, 6.45) is 4.08. The van der Waals surface area contributed by atoms with Gasteiger partial charge in [-0.25, -0.2) is 9.97 Å². The molecule has 100 valence electrons. The lowest BCUT2D eigenvalue weighted by molar-refractivity contribution is 0.664. The van der Waals surface area contributed by atoms with Gasteiger partial charge in [0.1, 0.15) is 0 Å². The lowest BCUT2D eigenvalue weighted by atomic mass is 10.2. The van der Waals surface area contributed by atoms with E-state index in [9.17, 15) is 0 Å². The zero-order valence-electron chi connectivity index (χ0n) is 10.4. The van der Waals surface area contributed by atoms with Crippen LogP contribution in [0.3, 0.4) is 0 Å². The van der Waals surface area contributed by atoms with Crippen molar-refractivity contribution in [2.75, 3.05) is 18.0 Å². The molecule has 1 saturated heterocycles. The molecule has 0 aliphatic carbocycles. The molecular weight excluding hydrogens is 280 g/mol. The van der Waals surface area contributed by atoms with E-state index in [0.29, 0.717) is 12.6 Å². The van der Waals surface area contributed by atoms with Crippen molar-refractivity contribution in [3.63, 3.8) is 0 Å². The van der Waals surface area contributed by atoms with Crippen LogP contribution in [0.5, 0.6) is 0 Å². The molecular formula is C13H15ClN4S. The summed E-state index contributed by atoms with van der Waals surface area (Å²) in [7, 11) is 0. The first-order valence-corrected chi connectivity index (χ1v) is 7.53. The second kappa shape index (κ2) is 5.45. The summed E-state index contributed by atoms with van der Waals surface area (Å²) < 4.78 is 0.774. The summed E-state index contributed by atoms with van der Waals surface area (Å²) in [6.45, 7) is 1.63. The van der Waals surface area contributed by atoms with E-state index in [1.807, 2.05) is 18.2 Å². The number of aromatic nitrogens is 2. The number of hydrogen-bond acceptors (Lipinski definition) is 5. The van der Waals surface area contributed by atoms with E-state index >= 15 is 0 Å². The van der Waals surface area contributed by atoms with Gasteiger partial charge in [0, 0.05) is 25.3 Å². The second-order valence-corrected chi connectivity index (χ2v) is 6.29. The highest BCUT2D eigenvalue weighted by Gasteiger charge is 2.25. The molecule has 0 amide bonds. The first kappa shape index (κ1) is 12.8. The molecule has 0 aromatic carbocycles. The molecule has 2 N–H and O–H groups in total. The second-order valence-electron chi connectivity index (χ2n) is 4.57. The minimum atomic E-state index is 0.363. The number of hydrogen-bond donors (Lipinski definition) is 1. The molecule has 0 radical (unpaired) electrons. The molecule has 0 spiro atoms. The van der Waals surface area contributed by atoms with Gasteiger partial charge in [-0.3, -0.25) is 0 Å². The summed E-state index contributed by atoms with van der Waals surface area (Å²) in [6, 6.07) is 6.16. The molecule has 1 aliphatic heterocycles. The molecule has 2 aromatic rings. The van der Waals surface area contributed by atoms with Crippen molar-refractivity contribution in [2.24, 2.45) is 5.73 Å². The number of nitrogens with zero attached hydrogens (tertiary/aromatic N) is 3. The monoisotopic (exact) mass is 294 g/mol. The molecule has 1 fully saturated rings. The van der Waals surface area contributed by atoms with Crippen LogP contribution in [0.4, 0.5) is 5.95 Å². The summed E-state index contributed by atoms with van der Waals surface area (Å²) in [5.41, 5.74) is 6.72. The minimum Gasteiger partial charge on any atom is -0.337 e. The maximum absolute atomic E-state index is 5.97. The van der Waals surface area contributed by atoms with E-state index in [1.54, 1.807) is 6.20 Å². The van der Waals surface area contributed by atoms with E-state index in [1.165, 1.54) is 11.3 Å². The first-order chi connectivity index (χ1) is 9.28. The van der Waals surface area contributed by atoms with E-state index in [4.69, 9.17) is 17.3 Å². The maximum atomic E-state index is 5.97. The van der Waals surface area contributed by atoms with E-state index < -0.39 is 0 Å². The summed E-state index contributed by atoms with van der Waals surface area (Å²) in [4.78, 5) is 12.3. The third kappa shape index (κ3) is 2.59. The van der Waals surface area contributed by atoms with Crippen LogP contribution in [0.25, 0.3) is 10.6 Å². The largest absolute Gasteiger partial charge is 0.337 e. The summed E-state index contributed by atoms with van der Waals surface area (Å²) >= 11 is 7.50.